The van der Waals surface area contributed by atoms with E-state index < -0.39 is 0 Å². The molecule has 2 aliphatic rings. The van der Waals surface area contributed by atoms with Crippen molar-refractivity contribution in [3.05, 3.63) is 29.8 Å². The van der Waals surface area contributed by atoms with Gasteiger partial charge in [-0.15, -0.1) is 0 Å². The van der Waals surface area contributed by atoms with Crippen molar-refractivity contribution in [3.8, 4) is 5.75 Å². The Bertz CT molecular complexity index is 610. The molecule has 1 aromatic rings. The molecule has 1 saturated carbocycles. The first-order chi connectivity index (χ1) is 12.1. The predicted molar refractivity (Wildman–Crippen MR) is 93.5 cm³/mol. The van der Waals surface area contributed by atoms with Gasteiger partial charge in [-0.1, -0.05) is 12.1 Å². The molecule has 1 atom stereocenters. The number of likely N-dealkylation sites (tertiary alicyclic amines) is 1. The van der Waals surface area contributed by atoms with Gasteiger partial charge >= 0.3 is 0 Å². The largest absolute Gasteiger partial charge is 0.497 e. The zero-order valence-electron chi connectivity index (χ0n) is 14.9. The molecule has 1 heterocycles. The molecule has 0 spiro atoms. The van der Waals surface area contributed by atoms with Crippen LogP contribution >= 0.6 is 0 Å². The number of rotatable bonds is 7. The lowest BCUT2D eigenvalue weighted by Gasteiger charge is -2.36. The Balaban J connectivity index is 1.43. The second-order valence-corrected chi connectivity index (χ2v) is 6.88. The number of nitrogens with one attached hydrogen (secondary N) is 1. The molecule has 1 unspecified atom stereocenters. The summed E-state index contributed by atoms with van der Waals surface area (Å²) in [4.78, 5) is 26.1. The van der Waals surface area contributed by atoms with Gasteiger partial charge in [0.2, 0.25) is 11.8 Å². The molecule has 0 radical (unpaired) electrons. The average Bonchev–Trinajstić information content (AvgIpc) is 2.97. The van der Waals surface area contributed by atoms with Gasteiger partial charge in [-0.05, 0) is 36.5 Å². The van der Waals surface area contributed by atoms with Crippen LogP contribution < -0.4 is 10.1 Å². The molecular weight excluding hydrogens is 320 g/mol. The monoisotopic (exact) mass is 346 g/mol. The fourth-order valence-corrected chi connectivity index (χ4v) is 3.57. The molecule has 1 aliphatic heterocycles. The third-order valence-electron chi connectivity index (χ3n) is 5.22. The maximum absolute atomic E-state index is 12.4. The van der Waals surface area contributed by atoms with Crippen LogP contribution in [-0.4, -0.2) is 56.7 Å². The van der Waals surface area contributed by atoms with Crippen LogP contribution in [0.1, 0.15) is 30.7 Å². The van der Waals surface area contributed by atoms with Crippen molar-refractivity contribution >= 4 is 11.8 Å². The Kier molecular flexibility index (Phi) is 5.58. The third kappa shape index (κ3) is 4.12. The molecule has 1 aliphatic carbocycles. The van der Waals surface area contributed by atoms with Gasteiger partial charge in [-0.3, -0.25) is 9.59 Å². The third-order valence-corrected chi connectivity index (χ3v) is 5.22. The highest BCUT2D eigenvalue weighted by Gasteiger charge is 2.37. The zero-order chi connectivity index (χ0) is 17.8. The van der Waals surface area contributed by atoms with E-state index in [2.05, 4.69) is 17.4 Å². The van der Waals surface area contributed by atoms with E-state index >= 15 is 0 Å². The molecule has 2 fully saturated rings. The van der Waals surface area contributed by atoms with Gasteiger partial charge < -0.3 is 19.7 Å². The smallest absolute Gasteiger partial charge is 0.225 e. The number of nitrogens with zero attached hydrogens (tertiary/aromatic N) is 1. The van der Waals surface area contributed by atoms with Gasteiger partial charge in [0.25, 0.3) is 0 Å². The minimum Gasteiger partial charge on any atom is -0.497 e. The summed E-state index contributed by atoms with van der Waals surface area (Å²) in [7, 11) is 3.27. The summed E-state index contributed by atoms with van der Waals surface area (Å²) in [6.07, 6.45) is 2.21. The summed E-state index contributed by atoms with van der Waals surface area (Å²) in [6, 6.07) is 8.33. The van der Waals surface area contributed by atoms with Crippen LogP contribution in [0.3, 0.4) is 0 Å². The second-order valence-electron chi connectivity index (χ2n) is 6.88. The minimum atomic E-state index is -0.232. The summed E-state index contributed by atoms with van der Waals surface area (Å²) < 4.78 is 10.2. The number of carbonyl (C=O) groups is 2. The number of methoxy groups -OCH3 is 2. The van der Waals surface area contributed by atoms with Crippen molar-refractivity contribution < 1.29 is 19.1 Å². The summed E-state index contributed by atoms with van der Waals surface area (Å²) in [5, 5.41) is 3.10. The SMILES string of the molecule is COCCN1CC(C(=O)NC2CC(c3ccc(OC)cc3)C2)CC1=O. The summed E-state index contributed by atoms with van der Waals surface area (Å²) in [5.74, 6) is 1.16. The van der Waals surface area contributed by atoms with Gasteiger partial charge in [-0.2, -0.15) is 0 Å². The zero-order valence-corrected chi connectivity index (χ0v) is 14.9. The standard InChI is InChI=1S/C19H26N2O4/c1-24-8-7-21-12-15(11-18(21)22)19(23)20-16-9-14(10-16)13-3-5-17(25-2)6-4-13/h3-6,14-16H,7-12H2,1-2H3,(H,20,23). The Morgan fingerprint density at radius 3 is 2.60 bits per heavy atom. The average molecular weight is 346 g/mol. The van der Waals surface area contributed by atoms with Crippen molar-refractivity contribution in [2.45, 2.75) is 31.2 Å². The molecule has 1 saturated heterocycles. The molecule has 6 nitrogen and oxygen atoms in total. The Morgan fingerprint density at radius 1 is 1.24 bits per heavy atom. The molecule has 0 aromatic heterocycles. The van der Waals surface area contributed by atoms with E-state index in [1.165, 1.54) is 5.56 Å². The lowest BCUT2D eigenvalue weighted by molar-refractivity contribution is -0.129. The molecule has 0 bridgehead atoms. The first-order valence-corrected chi connectivity index (χ1v) is 8.81. The van der Waals surface area contributed by atoms with Crippen molar-refractivity contribution in [1.82, 2.24) is 10.2 Å². The van der Waals surface area contributed by atoms with E-state index in [1.807, 2.05) is 12.1 Å². The maximum atomic E-state index is 12.4. The molecular formula is C19H26N2O4. The first-order valence-electron chi connectivity index (χ1n) is 8.81. The van der Waals surface area contributed by atoms with Crippen LogP contribution in [0.4, 0.5) is 0 Å². The number of amides is 2. The van der Waals surface area contributed by atoms with Gasteiger partial charge in [-0.25, -0.2) is 0 Å². The van der Waals surface area contributed by atoms with Crippen molar-refractivity contribution in [1.29, 1.82) is 0 Å². The molecule has 1 N–H and O–H groups in total. The van der Waals surface area contributed by atoms with Crippen LogP contribution in [0.25, 0.3) is 0 Å². The highest BCUT2D eigenvalue weighted by Crippen LogP contribution is 2.37. The van der Waals surface area contributed by atoms with Crippen LogP contribution in [0.5, 0.6) is 5.75 Å². The van der Waals surface area contributed by atoms with E-state index in [9.17, 15) is 9.59 Å². The van der Waals surface area contributed by atoms with Crippen LogP contribution in [0, 0.1) is 5.92 Å². The van der Waals surface area contributed by atoms with E-state index in [4.69, 9.17) is 9.47 Å². The molecule has 25 heavy (non-hydrogen) atoms. The summed E-state index contributed by atoms with van der Waals surface area (Å²) >= 11 is 0. The van der Waals surface area contributed by atoms with Crippen molar-refractivity contribution in [2.75, 3.05) is 33.9 Å². The molecule has 136 valence electrons. The summed E-state index contributed by atoms with van der Waals surface area (Å²) in [5.41, 5.74) is 1.29. The number of hydrogen-bond acceptors (Lipinski definition) is 4. The van der Waals surface area contributed by atoms with Gasteiger partial charge in [0.1, 0.15) is 5.75 Å². The number of benzene rings is 1. The Hall–Kier alpha value is -2.08. The van der Waals surface area contributed by atoms with Gasteiger partial charge in [0, 0.05) is 32.7 Å². The number of ether oxygens (including phenoxy) is 2. The normalized spacial score (nSPS) is 25.6. The fraction of sp³-hybridized carbons (Fsp3) is 0.579. The van der Waals surface area contributed by atoms with Gasteiger partial charge in [0.05, 0.1) is 19.6 Å². The number of hydrogen-bond donors (Lipinski definition) is 1. The highest BCUT2D eigenvalue weighted by atomic mass is 16.5. The lowest BCUT2D eigenvalue weighted by Crippen LogP contribution is -2.46. The Morgan fingerprint density at radius 2 is 1.96 bits per heavy atom. The molecule has 3 rings (SSSR count). The first kappa shape index (κ1) is 17.7. The molecule has 2 amide bonds. The van der Waals surface area contributed by atoms with Gasteiger partial charge in [0.15, 0.2) is 0 Å². The second kappa shape index (κ2) is 7.87. The van der Waals surface area contributed by atoms with E-state index in [0.717, 1.165) is 18.6 Å². The van der Waals surface area contributed by atoms with E-state index in [1.54, 1.807) is 19.1 Å². The van der Waals surface area contributed by atoms with Crippen LogP contribution in [-0.2, 0) is 14.3 Å². The maximum Gasteiger partial charge on any atom is 0.225 e. The fourth-order valence-electron chi connectivity index (χ4n) is 3.57. The predicted octanol–water partition coefficient (Wildman–Crippen LogP) is 1.55. The van der Waals surface area contributed by atoms with E-state index in [0.29, 0.717) is 32.0 Å². The topological polar surface area (TPSA) is 67.9 Å². The van der Waals surface area contributed by atoms with E-state index in [-0.39, 0.29) is 23.8 Å². The van der Waals surface area contributed by atoms with Crippen molar-refractivity contribution in [2.24, 2.45) is 5.92 Å². The molecule has 1 aromatic carbocycles. The molecule has 6 heteroatoms. The minimum absolute atomic E-state index is 0.00597. The van der Waals surface area contributed by atoms with Crippen LogP contribution in [0.2, 0.25) is 0 Å². The van der Waals surface area contributed by atoms with Crippen LogP contribution in [0.15, 0.2) is 24.3 Å². The highest BCUT2D eigenvalue weighted by molar-refractivity contribution is 5.89. The quantitative estimate of drug-likeness (QED) is 0.813. The number of carbonyl (C=O) groups excluding carboxylic acids is 2. The van der Waals surface area contributed by atoms with Crippen molar-refractivity contribution in [3.63, 3.8) is 0 Å². The Labute approximate surface area is 148 Å². The lowest BCUT2D eigenvalue weighted by atomic mass is 9.75. The summed E-state index contributed by atoms with van der Waals surface area (Å²) in [6.45, 7) is 1.57.